The normalized spacial score (nSPS) is 15.1. The van der Waals surface area contributed by atoms with Crippen molar-refractivity contribution < 1.29 is 0 Å². The highest BCUT2D eigenvalue weighted by atomic mass is 15.1. The lowest BCUT2D eigenvalue weighted by Crippen LogP contribution is -2.07. The summed E-state index contributed by atoms with van der Waals surface area (Å²) in [5.41, 5.74) is 2.64. The van der Waals surface area contributed by atoms with E-state index in [9.17, 15) is 0 Å². The number of hydrogen-bond acceptors (Lipinski definition) is 1. The van der Waals surface area contributed by atoms with Crippen molar-refractivity contribution in [1.82, 2.24) is 9.55 Å². The number of nitrogens with zero attached hydrogens (tertiary/aromatic N) is 2. The number of aryl methyl sites for hydroxylation is 1. The van der Waals surface area contributed by atoms with Crippen molar-refractivity contribution in [2.45, 2.75) is 32.7 Å². The fourth-order valence-corrected chi connectivity index (χ4v) is 2.24. The van der Waals surface area contributed by atoms with Crippen molar-refractivity contribution in [3.05, 3.63) is 53.6 Å². The molecule has 0 unspecified atom stereocenters. The Kier molecular flexibility index (Phi) is 2.71. The maximum atomic E-state index is 4.55. The molecule has 0 amide bonds. The quantitative estimate of drug-likeness (QED) is 0.783. The van der Waals surface area contributed by atoms with Gasteiger partial charge in [-0.25, -0.2) is 4.98 Å². The molecular weight excluding hydrogens is 208 g/mol. The molecule has 0 spiro atoms. The molecule has 1 fully saturated rings. The SMILES string of the molecule is Cc1cnc(Cc2ccccc2)n1CC1CC1. The molecule has 2 heteroatoms. The smallest absolute Gasteiger partial charge is 0.113 e. The molecular formula is C15H18N2. The third-order valence-corrected chi connectivity index (χ3v) is 3.48. The molecule has 88 valence electrons. The van der Waals surface area contributed by atoms with E-state index in [0.29, 0.717) is 0 Å². The van der Waals surface area contributed by atoms with Crippen LogP contribution < -0.4 is 0 Å². The minimum Gasteiger partial charge on any atom is -0.332 e. The summed E-state index contributed by atoms with van der Waals surface area (Å²) in [6.07, 6.45) is 5.73. The Morgan fingerprint density at radius 1 is 1.24 bits per heavy atom. The first kappa shape index (κ1) is 10.6. The van der Waals surface area contributed by atoms with E-state index in [2.05, 4.69) is 46.8 Å². The maximum absolute atomic E-state index is 4.55. The summed E-state index contributed by atoms with van der Waals surface area (Å²) in [7, 11) is 0. The first-order valence-electron chi connectivity index (χ1n) is 6.38. The van der Waals surface area contributed by atoms with Crippen LogP contribution in [0.1, 0.15) is 29.9 Å². The van der Waals surface area contributed by atoms with Gasteiger partial charge in [0, 0.05) is 24.9 Å². The number of imidazole rings is 1. The van der Waals surface area contributed by atoms with Gasteiger partial charge in [-0.3, -0.25) is 0 Å². The van der Waals surface area contributed by atoms with Crippen LogP contribution in [0.25, 0.3) is 0 Å². The van der Waals surface area contributed by atoms with Crippen LogP contribution in [0, 0.1) is 12.8 Å². The Balaban J connectivity index is 1.82. The van der Waals surface area contributed by atoms with Gasteiger partial charge in [-0.2, -0.15) is 0 Å². The predicted octanol–water partition coefficient (Wildman–Crippen LogP) is 3.19. The maximum Gasteiger partial charge on any atom is 0.113 e. The molecule has 1 saturated carbocycles. The Labute approximate surface area is 102 Å². The van der Waals surface area contributed by atoms with E-state index in [1.165, 1.54) is 29.9 Å². The minimum absolute atomic E-state index is 0.900. The van der Waals surface area contributed by atoms with Crippen molar-refractivity contribution in [2.75, 3.05) is 0 Å². The molecule has 2 nitrogen and oxygen atoms in total. The molecule has 0 aliphatic heterocycles. The van der Waals surface area contributed by atoms with Gasteiger partial charge in [0.05, 0.1) is 0 Å². The third kappa shape index (κ3) is 2.41. The molecule has 0 radical (unpaired) electrons. The van der Waals surface area contributed by atoms with Gasteiger partial charge in [-0.15, -0.1) is 0 Å². The molecule has 0 bridgehead atoms. The predicted molar refractivity (Wildman–Crippen MR) is 68.9 cm³/mol. The van der Waals surface area contributed by atoms with Crippen molar-refractivity contribution in [3.8, 4) is 0 Å². The monoisotopic (exact) mass is 226 g/mol. The van der Waals surface area contributed by atoms with Gasteiger partial charge >= 0.3 is 0 Å². The van der Waals surface area contributed by atoms with Gasteiger partial charge in [0.2, 0.25) is 0 Å². The molecule has 0 atom stereocenters. The zero-order chi connectivity index (χ0) is 11.7. The van der Waals surface area contributed by atoms with Crippen LogP contribution in [-0.2, 0) is 13.0 Å². The Hall–Kier alpha value is -1.57. The lowest BCUT2D eigenvalue weighted by atomic mass is 10.1. The van der Waals surface area contributed by atoms with E-state index in [1.54, 1.807) is 0 Å². The zero-order valence-corrected chi connectivity index (χ0v) is 10.3. The first-order chi connectivity index (χ1) is 8.33. The van der Waals surface area contributed by atoms with Crippen molar-refractivity contribution in [2.24, 2.45) is 5.92 Å². The Morgan fingerprint density at radius 2 is 2.00 bits per heavy atom. The summed E-state index contributed by atoms with van der Waals surface area (Å²) in [4.78, 5) is 4.55. The van der Waals surface area contributed by atoms with Crippen LogP contribution >= 0.6 is 0 Å². The second kappa shape index (κ2) is 4.36. The van der Waals surface area contributed by atoms with E-state index in [0.717, 1.165) is 18.9 Å². The van der Waals surface area contributed by atoms with Crippen LogP contribution in [0.2, 0.25) is 0 Å². The van der Waals surface area contributed by atoms with Gasteiger partial charge in [-0.1, -0.05) is 30.3 Å². The fourth-order valence-electron chi connectivity index (χ4n) is 2.24. The fraction of sp³-hybridized carbons (Fsp3) is 0.400. The number of benzene rings is 1. The van der Waals surface area contributed by atoms with Gasteiger partial charge in [0.15, 0.2) is 0 Å². The molecule has 1 heterocycles. The van der Waals surface area contributed by atoms with Crippen LogP contribution in [0.5, 0.6) is 0 Å². The summed E-state index contributed by atoms with van der Waals surface area (Å²) in [5, 5.41) is 0. The molecule has 0 N–H and O–H groups in total. The van der Waals surface area contributed by atoms with Gasteiger partial charge in [0.25, 0.3) is 0 Å². The summed E-state index contributed by atoms with van der Waals surface area (Å²) < 4.78 is 2.39. The Morgan fingerprint density at radius 3 is 2.71 bits per heavy atom. The average molecular weight is 226 g/mol. The summed E-state index contributed by atoms with van der Waals surface area (Å²) >= 11 is 0. The molecule has 1 aliphatic carbocycles. The summed E-state index contributed by atoms with van der Waals surface area (Å²) in [5.74, 6) is 2.11. The highest BCUT2D eigenvalue weighted by Crippen LogP contribution is 2.31. The molecule has 2 aromatic rings. The zero-order valence-electron chi connectivity index (χ0n) is 10.3. The van der Waals surface area contributed by atoms with Crippen LogP contribution in [0.4, 0.5) is 0 Å². The van der Waals surface area contributed by atoms with Crippen LogP contribution in [-0.4, -0.2) is 9.55 Å². The van der Waals surface area contributed by atoms with Crippen molar-refractivity contribution in [1.29, 1.82) is 0 Å². The highest BCUT2D eigenvalue weighted by Gasteiger charge is 2.23. The number of rotatable bonds is 4. The number of hydrogen-bond donors (Lipinski definition) is 0. The van der Waals surface area contributed by atoms with E-state index in [1.807, 2.05) is 6.20 Å². The topological polar surface area (TPSA) is 17.8 Å². The standard InChI is InChI=1S/C15H18N2/c1-12-10-16-15(17(12)11-14-7-8-14)9-13-5-3-2-4-6-13/h2-6,10,14H,7-9,11H2,1H3. The van der Waals surface area contributed by atoms with Crippen molar-refractivity contribution >= 4 is 0 Å². The lowest BCUT2D eigenvalue weighted by molar-refractivity contribution is 0.590. The molecule has 1 aromatic carbocycles. The van der Waals surface area contributed by atoms with Gasteiger partial charge < -0.3 is 4.57 Å². The first-order valence-corrected chi connectivity index (χ1v) is 6.38. The molecule has 0 saturated heterocycles. The Bertz CT molecular complexity index is 495. The van der Waals surface area contributed by atoms with Gasteiger partial charge in [0.1, 0.15) is 5.82 Å². The largest absolute Gasteiger partial charge is 0.332 e. The number of aromatic nitrogens is 2. The van der Waals surface area contributed by atoms with E-state index < -0.39 is 0 Å². The van der Waals surface area contributed by atoms with E-state index >= 15 is 0 Å². The second-order valence-electron chi connectivity index (χ2n) is 5.03. The van der Waals surface area contributed by atoms with E-state index in [-0.39, 0.29) is 0 Å². The second-order valence-corrected chi connectivity index (χ2v) is 5.03. The van der Waals surface area contributed by atoms with Crippen LogP contribution in [0.15, 0.2) is 36.5 Å². The highest BCUT2D eigenvalue weighted by molar-refractivity contribution is 5.20. The summed E-state index contributed by atoms with van der Waals surface area (Å²) in [6.45, 7) is 3.32. The van der Waals surface area contributed by atoms with E-state index in [4.69, 9.17) is 0 Å². The molecule has 3 rings (SSSR count). The lowest BCUT2D eigenvalue weighted by Gasteiger charge is -2.09. The molecule has 1 aromatic heterocycles. The minimum atomic E-state index is 0.900. The van der Waals surface area contributed by atoms with Gasteiger partial charge in [-0.05, 0) is 31.2 Å². The molecule has 1 aliphatic rings. The average Bonchev–Trinajstić information content (AvgIpc) is 3.10. The third-order valence-electron chi connectivity index (χ3n) is 3.48. The van der Waals surface area contributed by atoms with Crippen molar-refractivity contribution in [3.63, 3.8) is 0 Å². The summed E-state index contributed by atoms with van der Waals surface area (Å²) in [6, 6.07) is 10.6. The molecule has 17 heavy (non-hydrogen) atoms. The van der Waals surface area contributed by atoms with Crippen LogP contribution in [0.3, 0.4) is 0 Å².